The number of anilines is 2. The number of ether oxygens (including phenoxy) is 1. The number of benzene rings is 1. The average Bonchev–Trinajstić information content (AvgIpc) is 3.21. The van der Waals surface area contributed by atoms with Gasteiger partial charge in [0.05, 0.1) is 17.4 Å². The third kappa shape index (κ3) is 6.06. The van der Waals surface area contributed by atoms with E-state index in [9.17, 15) is 13.6 Å². The van der Waals surface area contributed by atoms with Crippen LogP contribution in [-0.2, 0) is 11.8 Å². The second kappa shape index (κ2) is 10.4. The molecule has 3 aromatic rings. The van der Waals surface area contributed by atoms with Crippen LogP contribution in [0.3, 0.4) is 0 Å². The van der Waals surface area contributed by atoms with Gasteiger partial charge in [0.25, 0.3) is 5.91 Å². The molecular formula is C20H24F2N6O2S. The topological polar surface area (TPSA) is 121 Å². The number of aryl methyl sites for hydroxylation is 1. The summed E-state index contributed by atoms with van der Waals surface area (Å²) in [6.45, 7) is 1.77. The van der Waals surface area contributed by atoms with E-state index in [0.717, 1.165) is 55.9 Å². The lowest BCUT2D eigenvalue weighted by atomic mass is 10.1. The smallest absolute Gasteiger partial charge is 0.277 e. The zero-order valence-corrected chi connectivity index (χ0v) is 17.8. The monoisotopic (exact) mass is 450 g/mol. The number of nitrogens with two attached hydrogens (primary N) is 2. The number of hydrogen-bond acceptors (Lipinski definition) is 7. The van der Waals surface area contributed by atoms with Crippen LogP contribution in [0.25, 0.3) is 10.6 Å². The van der Waals surface area contributed by atoms with E-state index in [2.05, 4.69) is 15.4 Å². The van der Waals surface area contributed by atoms with Crippen molar-refractivity contribution in [2.75, 3.05) is 24.3 Å². The Bertz CT molecular complexity index is 1010. The first kappa shape index (κ1) is 22.8. The van der Waals surface area contributed by atoms with Crippen LogP contribution in [0.2, 0.25) is 0 Å². The number of amides is 1. The van der Waals surface area contributed by atoms with Crippen molar-refractivity contribution in [2.45, 2.75) is 25.3 Å². The molecule has 1 aliphatic heterocycles. The SMILES string of the molecule is Cn1cc(NC(=O)c2nc(-c3c(F)cccc3F)sc2N)cn1.NC1CCCOCC1. The van der Waals surface area contributed by atoms with Gasteiger partial charge in [-0.05, 0) is 31.4 Å². The van der Waals surface area contributed by atoms with Crippen molar-refractivity contribution in [1.82, 2.24) is 14.8 Å². The third-order valence-corrected chi connectivity index (χ3v) is 5.41. The van der Waals surface area contributed by atoms with Crippen LogP contribution in [0, 0.1) is 11.6 Å². The highest BCUT2D eigenvalue weighted by atomic mass is 32.1. The fourth-order valence-corrected chi connectivity index (χ4v) is 3.79. The summed E-state index contributed by atoms with van der Waals surface area (Å²) >= 11 is 0.845. The standard InChI is InChI=1S/C14H11F2N5OS.C6H13NO/c1-21-6-7(5-18-21)19-13(22)11-12(17)23-14(20-11)10-8(15)3-2-4-9(10)16;7-6-2-1-4-8-5-3-6/h2-6H,17H2,1H3,(H,19,22);6H,1-5,7H2. The molecule has 0 radical (unpaired) electrons. The Kier molecular flexibility index (Phi) is 7.66. The molecular weight excluding hydrogens is 426 g/mol. The van der Waals surface area contributed by atoms with Gasteiger partial charge in [0.15, 0.2) is 5.69 Å². The molecule has 2 aromatic heterocycles. The zero-order valence-electron chi connectivity index (χ0n) is 17.0. The Labute approximate surface area is 182 Å². The van der Waals surface area contributed by atoms with Crippen LogP contribution in [-0.4, -0.2) is 39.9 Å². The molecule has 1 aromatic carbocycles. The maximum atomic E-state index is 13.8. The lowest BCUT2D eigenvalue weighted by Gasteiger charge is -2.02. The number of halogens is 2. The highest BCUT2D eigenvalue weighted by molar-refractivity contribution is 7.19. The van der Waals surface area contributed by atoms with Crippen molar-refractivity contribution >= 4 is 27.9 Å². The molecule has 4 rings (SSSR count). The van der Waals surface area contributed by atoms with Gasteiger partial charge in [-0.1, -0.05) is 17.4 Å². The number of aromatic nitrogens is 3. The summed E-state index contributed by atoms with van der Waals surface area (Å²) in [6.07, 6.45) is 6.37. The number of nitrogens with one attached hydrogen (secondary N) is 1. The van der Waals surface area contributed by atoms with E-state index in [0.29, 0.717) is 11.7 Å². The molecule has 1 amide bonds. The molecule has 3 heterocycles. The van der Waals surface area contributed by atoms with Crippen LogP contribution in [0.5, 0.6) is 0 Å². The van der Waals surface area contributed by atoms with E-state index in [1.165, 1.54) is 16.9 Å². The lowest BCUT2D eigenvalue weighted by Crippen LogP contribution is -2.19. The van der Waals surface area contributed by atoms with Crippen LogP contribution in [0.4, 0.5) is 19.5 Å². The Hall–Kier alpha value is -2.89. The summed E-state index contributed by atoms with van der Waals surface area (Å²) in [5.74, 6) is -2.11. The predicted octanol–water partition coefficient (Wildman–Crippen LogP) is 3.17. The average molecular weight is 451 g/mol. The summed E-state index contributed by atoms with van der Waals surface area (Å²) in [6, 6.07) is 3.88. The molecule has 1 unspecified atom stereocenters. The second-order valence-corrected chi connectivity index (χ2v) is 8.02. The molecule has 11 heteroatoms. The van der Waals surface area contributed by atoms with Gasteiger partial charge >= 0.3 is 0 Å². The molecule has 1 fully saturated rings. The fourth-order valence-electron chi connectivity index (χ4n) is 2.91. The molecule has 1 saturated heterocycles. The first-order chi connectivity index (χ1) is 14.8. The van der Waals surface area contributed by atoms with Crippen LogP contribution >= 0.6 is 11.3 Å². The van der Waals surface area contributed by atoms with E-state index >= 15 is 0 Å². The number of thiazole rings is 1. The second-order valence-electron chi connectivity index (χ2n) is 6.99. The summed E-state index contributed by atoms with van der Waals surface area (Å²) in [5, 5.41) is 6.57. The van der Waals surface area contributed by atoms with E-state index in [4.69, 9.17) is 16.2 Å². The quantitative estimate of drug-likeness (QED) is 0.564. The number of nitrogen functional groups attached to an aromatic ring is 1. The number of nitrogens with zero attached hydrogens (tertiary/aromatic N) is 3. The van der Waals surface area contributed by atoms with Crippen molar-refractivity contribution in [1.29, 1.82) is 0 Å². The van der Waals surface area contributed by atoms with Crippen molar-refractivity contribution < 1.29 is 18.3 Å². The van der Waals surface area contributed by atoms with E-state index in [1.807, 2.05) is 0 Å². The largest absolute Gasteiger partial charge is 0.389 e. The molecule has 0 spiro atoms. The summed E-state index contributed by atoms with van der Waals surface area (Å²) in [7, 11) is 1.70. The van der Waals surface area contributed by atoms with Crippen LogP contribution < -0.4 is 16.8 Å². The Balaban J connectivity index is 0.000000287. The van der Waals surface area contributed by atoms with Gasteiger partial charge < -0.3 is 21.5 Å². The Morgan fingerprint density at radius 3 is 2.71 bits per heavy atom. The minimum atomic E-state index is -0.766. The molecule has 1 atom stereocenters. The fraction of sp³-hybridized carbons (Fsp3) is 0.350. The molecule has 5 N–H and O–H groups in total. The molecule has 1 aliphatic rings. The summed E-state index contributed by atoms with van der Waals surface area (Å²) < 4.78 is 34.3. The van der Waals surface area contributed by atoms with Crippen molar-refractivity contribution in [3.63, 3.8) is 0 Å². The normalized spacial score (nSPS) is 16.2. The van der Waals surface area contributed by atoms with Gasteiger partial charge in [-0.2, -0.15) is 5.10 Å². The summed E-state index contributed by atoms with van der Waals surface area (Å²) in [4.78, 5) is 16.2. The minimum absolute atomic E-state index is 0.00874. The maximum Gasteiger partial charge on any atom is 0.277 e. The molecule has 0 saturated carbocycles. The molecule has 31 heavy (non-hydrogen) atoms. The molecule has 0 aliphatic carbocycles. The number of hydrogen-bond donors (Lipinski definition) is 3. The number of rotatable bonds is 3. The first-order valence-corrected chi connectivity index (χ1v) is 10.5. The lowest BCUT2D eigenvalue weighted by molar-refractivity contribution is 0.102. The van der Waals surface area contributed by atoms with Gasteiger partial charge in [0, 0.05) is 32.5 Å². The van der Waals surface area contributed by atoms with Gasteiger partial charge in [0.2, 0.25) is 0 Å². The first-order valence-electron chi connectivity index (χ1n) is 9.69. The number of carbonyl (C=O) groups excluding carboxylic acids is 1. The third-order valence-electron chi connectivity index (χ3n) is 4.50. The Morgan fingerprint density at radius 1 is 1.29 bits per heavy atom. The van der Waals surface area contributed by atoms with Crippen LogP contribution in [0.15, 0.2) is 30.6 Å². The van der Waals surface area contributed by atoms with Crippen molar-refractivity contribution in [3.8, 4) is 10.6 Å². The van der Waals surface area contributed by atoms with Gasteiger partial charge in [-0.3, -0.25) is 9.48 Å². The van der Waals surface area contributed by atoms with E-state index in [-0.39, 0.29) is 21.3 Å². The molecule has 8 nitrogen and oxygen atoms in total. The highest BCUT2D eigenvalue weighted by Gasteiger charge is 2.21. The maximum absolute atomic E-state index is 13.8. The van der Waals surface area contributed by atoms with Gasteiger partial charge in [-0.25, -0.2) is 13.8 Å². The molecule has 166 valence electrons. The zero-order chi connectivity index (χ0) is 22.4. The summed E-state index contributed by atoms with van der Waals surface area (Å²) in [5.41, 5.74) is 11.5. The number of carbonyl (C=O) groups is 1. The predicted molar refractivity (Wildman–Crippen MR) is 116 cm³/mol. The Morgan fingerprint density at radius 2 is 2.03 bits per heavy atom. The van der Waals surface area contributed by atoms with E-state index in [1.54, 1.807) is 13.2 Å². The highest BCUT2D eigenvalue weighted by Crippen LogP contribution is 2.33. The van der Waals surface area contributed by atoms with Gasteiger partial charge in [0.1, 0.15) is 21.6 Å². The minimum Gasteiger partial charge on any atom is -0.389 e. The van der Waals surface area contributed by atoms with E-state index < -0.39 is 17.5 Å². The molecule has 0 bridgehead atoms. The van der Waals surface area contributed by atoms with Gasteiger partial charge in [-0.15, -0.1) is 0 Å². The van der Waals surface area contributed by atoms with Crippen molar-refractivity contribution in [3.05, 3.63) is 47.9 Å². The van der Waals surface area contributed by atoms with Crippen LogP contribution in [0.1, 0.15) is 29.8 Å². The van der Waals surface area contributed by atoms with Crippen molar-refractivity contribution in [2.24, 2.45) is 12.8 Å².